The number of hydrogen-bond donors (Lipinski definition) is 2. The van der Waals surface area contributed by atoms with Crippen molar-refractivity contribution in [2.75, 3.05) is 7.11 Å². The number of methoxy groups -OCH3 is 1. The normalized spacial score (nSPS) is 13.1. The Morgan fingerprint density at radius 2 is 1.78 bits per heavy atom. The third kappa shape index (κ3) is 5.51. The molecule has 144 valence electrons. The van der Waals surface area contributed by atoms with Crippen molar-refractivity contribution in [1.29, 1.82) is 0 Å². The molecule has 0 saturated heterocycles. The van der Waals surface area contributed by atoms with Crippen molar-refractivity contribution in [1.82, 2.24) is 15.6 Å². The molecule has 0 radical (unpaired) electrons. The van der Waals surface area contributed by atoms with Gasteiger partial charge in [0.15, 0.2) is 0 Å². The molecule has 0 fully saturated rings. The lowest BCUT2D eigenvalue weighted by atomic mass is 10.0. The molecule has 2 atom stereocenters. The molecule has 1 heterocycles. The van der Waals surface area contributed by atoms with Gasteiger partial charge in [-0.2, -0.15) is 0 Å². The van der Waals surface area contributed by atoms with Crippen LogP contribution in [-0.4, -0.2) is 42.0 Å². The Kier molecular flexibility index (Phi) is 6.87. The van der Waals surface area contributed by atoms with Gasteiger partial charge >= 0.3 is 5.97 Å². The fraction of sp³-hybridized carbons (Fsp3) is 0.400. The molecule has 0 aliphatic heterocycles. The minimum absolute atomic E-state index is 0.133. The van der Waals surface area contributed by atoms with Gasteiger partial charge in [-0.25, -0.2) is 4.79 Å². The molecule has 2 amide bonds. The molecule has 1 aromatic heterocycles. The largest absolute Gasteiger partial charge is 0.467 e. The lowest BCUT2D eigenvalue weighted by molar-refractivity contribution is -0.145. The van der Waals surface area contributed by atoms with Gasteiger partial charge in [0.05, 0.1) is 12.6 Å². The van der Waals surface area contributed by atoms with Crippen molar-refractivity contribution >= 4 is 28.7 Å². The summed E-state index contributed by atoms with van der Waals surface area (Å²) in [5.41, 5.74) is 1.47. The first-order valence-corrected chi connectivity index (χ1v) is 8.81. The van der Waals surface area contributed by atoms with Gasteiger partial charge in [-0.1, -0.05) is 38.1 Å². The van der Waals surface area contributed by atoms with Crippen LogP contribution in [0.15, 0.2) is 36.4 Å². The number of rotatable bonds is 7. The van der Waals surface area contributed by atoms with Gasteiger partial charge in [-0.05, 0) is 18.1 Å². The summed E-state index contributed by atoms with van der Waals surface area (Å²) < 4.78 is 4.83. The topological polar surface area (TPSA) is 97.4 Å². The van der Waals surface area contributed by atoms with Gasteiger partial charge in [-0.15, -0.1) is 0 Å². The summed E-state index contributed by atoms with van der Waals surface area (Å²) in [6.07, 6.45) is 0.189. The highest BCUT2D eigenvalue weighted by molar-refractivity contribution is 5.90. The van der Waals surface area contributed by atoms with Crippen LogP contribution in [0.2, 0.25) is 0 Å². The Labute approximate surface area is 158 Å². The molecule has 27 heavy (non-hydrogen) atoms. The van der Waals surface area contributed by atoms with Crippen molar-refractivity contribution < 1.29 is 19.1 Å². The molecule has 0 spiro atoms. The van der Waals surface area contributed by atoms with Crippen molar-refractivity contribution in [3.8, 4) is 0 Å². The van der Waals surface area contributed by atoms with E-state index in [1.165, 1.54) is 14.0 Å². The van der Waals surface area contributed by atoms with E-state index in [0.717, 1.165) is 10.9 Å². The highest BCUT2D eigenvalue weighted by Gasteiger charge is 2.29. The number of ether oxygens (including phenoxy) is 1. The minimum atomic E-state index is -0.897. The first kappa shape index (κ1) is 20.4. The molecule has 2 rings (SSSR count). The van der Waals surface area contributed by atoms with Crippen LogP contribution in [0.4, 0.5) is 0 Å². The Bertz CT molecular complexity index is 835. The number of carbonyl (C=O) groups is 3. The molecule has 0 bridgehead atoms. The Hall–Kier alpha value is -2.96. The van der Waals surface area contributed by atoms with Crippen molar-refractivity contribution in [3.63, 3.8) is 0 Å². The molecule has 2 aromatic rings. The monoisotopic (exact) mass is 371 g/mol. The van der Waals surface area contributed by atoms with Crippen LogP contribution >= 0.6 is 0 Å². The number of amides is 2. The van der Waals surface area contributed by atoms with Gasteiger partial charge in [0.1, 0.15) is 12.1 Å². The molecule has 0 unspecified atom stereocenters. The lowest BCUT2D eigenvalue weighted by Gasteiger charge is -2.24. The first-order chi connectivity index (χ1) is 12.8. The van der Waals surface area contributed by atoms with E-state index in [1.54, 1.807) is 0 Å². The van der Waals surface area contributed by atoms with Gasteiger partial charge in [-0.3, -0.25) is 14.6 Å². The molecular weight excluding hydrogens is 346 g/mol. The summed E-state index contributed by atoms with van der Waals surface area (Å²) in [6, 6.07) is 9.75. The van der Waals surface area contributed by atoms with E-state index in [9.17, 15) is 14.4 Å². The smallest absolute Gasteiger partial charge is 0.328 e. The SMILES string of the molecule is COC(=O)[C@H](Cc1ccc2ccccc2n1)NC(=O)[C@H](NC(C)=O)C(C)C. The van der Waals surface area contributed by atoms with E-state index in [2.05, 4.69) is 15.6 Å². The van der Waals surface area contributed by atoms with Gasteiger partial charge in [0.25, 0.3) is 0 Å². The second kappa shape index (κ2) is 9.12. The van der Waals surface area contributed by atoms with Crippen molar-refractivity contribution in [2.45, 2.75) is 39.3 Å². The fourth-order valence-corrected chi connectivity index (χ4v) is 2.78. The van der Waals surface area contributed by atoms with E-state index in [1.807, 2.05) is 50.2 Å². The van der Waals surface area contributed by atoms with E-state index < -0.39 is 24.0 Å². The number of nitrogens with zero attached hydrogens (tertiary/aromatic N) is 1. The van der Waals surface area contributed by atoms with E-state index in [4.69, 9.17) is 4.74 Å². The predicted molar refractivity (Wildman–Crippen MR) is 102 cm³/mol. The average molecular weight is 371 g/mol. The Balaban J connectivity index is 2.19. The number of carbonyl (C=O) groups excluding carboxylic acids is 3. The van der Waals surface area contributed by atoms with E-state index >= 15 is 0 Å². The summed E-state index contributed by atoms with van der Waals surface area (Å²) >= 11 is 0. The molecule has 0 aliphatic rings. The summed E-state index contributed by atoms with van der Waals surface area (Å²) in [7, 11) is 1.27. The number of hydrogen-bond acceptors (Lipinski definition) is 5. The van der Waals surface area contributed by atoms with Crippen LogP contribution in [0.25, 0.3) is 10.9 Å². The maximum absolute atomic E-state index is 12.6. The van der Waals surface area contributed by atoms with Crippen LogP contribution in [0, 0.1) is 5.92 Å². The Morgan fingerprint density at radius 1 is 1.07 bits per heavy atom. The number of fused-ring (bicyclic) bond motifs is 1. The van der Waals surface area contributed by atoms with Gasteiger partial charge < -0.3 is 15.4 Å². The maximum atomic E-state index is 12.6. The standard InChI is InChI=1S/C20H25N3O4/c1-12(2)18(21-13(3)24)19(25)23-17(20(26)27-4)11-15-10-9-14-7-5-6-8-16(14)22-15/h5-10,12,17-18H,11H2,1-4H3,(H,21,24)(H,23,25)/t17-,18+/m0/s1. The average Bonchev–Trinajstić information content (AvgIpc) is 2.64. The quantitative estimate of drug-likeness (QED) is 0.721. The molecule has 7 nitrogen and oxygen atoms in total. The maximum Gasteiger partial charge on any atom is 0.328 e. The van der Waals surface area contributed by atoms with Crippen molar-refractivity contribution in [3.05, 3.63) is 42.1 Å². The summed E-state index contributed by atoms with van der Waals surface area (Å²) in [5, 5.41) is 6.28. The number of esters is 1. The second-order valence-corrected chi connectivity index (χ2v) is 6.71. The molecule has 1 aromatic carbocycles. The number of aromatic nitrogens is 1. The van der Waals surface area contributed by atoms with E-state index in [-0.39, 0.29) is 18.2 Å². The zero-order chi connectivity index (χ0) is 20.0. The molecule has 0 aliphatic carbocycles. The zero-order valence-corrected chi connectivity index (χ0v) is 16.0. The van der Waals surface area contributed by atoms with Crippen LogP contribution in [0.3, 0.4) is 0 Å². The van der Waals surface area contributed by atoms with Gasteiger partial charge in [0, 0.05) is 24.4 Å². The van der Waals surface area contributed by atoms with Crippen LogP contribution in [-0.2, 0) is 25.5 Å². The zero-order valence-electron chi connectivity index (χ0n) is 16.0. The van der Waals surface area contributed by atoms with Crippen LogP contribution < -0.4 is 10.6 Å². The molecular formula is C20H25N3O4. The fourth-order valence-electron chi connectivity index (χ4n) is 2.78. The highest BCUT2D eigenvalue weighted by atomic mass is 16.5. The number of para-hydroxylation sites is 1. The predicted octanol–water partition coefficient (Wildman–Crippen LogP) is 1.60. The summed E-state index contributed by atoms with van der Waals surface area (Å²) in [4.78, 5) is 40.7. The second-order valence-electron chi connectivity index (χ2n) is 6.71. The summed E-state index contributed by atoms with van der Waals surface area (Å²) in [5.74, 6) is -1.44. The van der Waals surface area contributed by atoms with Gasteiger partial charge in [0.2, 0.25) is 11.8 Å². The number of pyridine rings is 1. The van der Waals surface area contributed by atoms with Crippen LogP contribution in [0.1, 0.15) is 26.5 Å². The third-order valence-corrected chi connectivity index (χ3v) is 4.18. The summed E-state index contributed by atoms with van der Waals surface area (Å²) in [6.45, 7) is 4.98. The Morgan fingerprint density at radius 3 is 2.41 bits per heavy atom. The van der Waals surface area contributed by atoms with E-state index in [0.29, 0.717) is 5.69 Å². The highest BCUT2D eigenvalue weighted by Crippen LogP contribution is 2.13. The number of nitrogens with one attached hydrogen (secondary N) is 2. The molecule has 7 heteroatoms. The third-order valence-electron chi connectivity index (χ3n) is 4.18. The number of benzene rings is 1. The van der Waals surface area contributed by atoms with Crippen LogP contribution in [0.5, 0.6) is 0 Å². The van der Waals surface area contributed by atoms with Crippen molar-refractivity contribution in [2.24, 2.45) is 5.92 Å². The molecule has 2 N–H and O–H groups in total. The first-order valence-electron chi connectivity index (χ1n) is 8.81. The molecule has 0 saturated carbocycles. The minimum Gasteiger partial charge on any atom is -0.467 e. The lowest BCUT2D eigenvalue weighted by Crippen LogP contribution is -2.54.